The van der Waals surface area contributed by atoms with Crippen LogP contribution < -0.4 is 14.7 Å². The van der Waals surface area contributed by atoms with Crippen molar-refractivity contribution < 1.29 is 0 Å². The van der Waals surface area contributed by atoms with Crippen molar-refractivity contribution in [3.8, 4) is 44.5 Å². The number of hydrogen-bond acceptors (Lipinski definition) is 4. The van der Waals surface area contributed by atoms with Crippen LogP contribution in [0.15, 0.2) is 309 Å². The van der Waals surface area contributed by atoms with Crippen LogP contribution >= 0.6 is 11.3 Å². The van der Waals surface area contributed by atoms with Gasteiger partial charge in [-0.3, -0.25) is 0 Å². The minimum Gasteiger partial charge on any atom is -0.310 e. The van der Waals surface area contributed by atoms with Gasteiger partial charge in [0, 0.05) is 49.3 Å². The third-order valence-corrected chi connectivity index (χ3v) is 19.8. The van der Waals surface area contributed by atoms with Crippen LogP contribution in [0.1, 0.15) is 47.2 Å². The molecule has 1 aliphatic heterocycles. The van der Waals surface area contributed by atoms with E-state index in [2.05, 4.69) is 338 Å². The molecule has 2 aliphatic carbocycles. The molecule has 0 saturated heterocycles. The Bertz CT molecular complexity index is 4840. The van der Waals surface area contributed by atoms with Crippen LogP contribution in [0, 0.1) is 0 Å². The summed E-state index contributed by atoms with van der Waals surface area (Å²) in [4.78, 5) is 7.52. The van der Waals surface area contributed by atoms with Gasteiger partial charge in [0.05, 0.1) is 32.9 Å². The number of rotatable bonds is 9. The van der Waals surface area contributed by atoms with E-state index < -0.39 is 5.41 Å². The summed E-state index contributed by atoms with van der Waals surface area (Å²) < 4.78 is 2.44. The number of para-hydroxylation sites is 2. The molecule has 406 valence electrons. The first kappa shape index (κ1) is 50.0. The minimum atomic E-state index is -0.591. The van der Waals surface area contributed by atoms with E-state index in [1.165, 1.54) is 104 Å². The summed E-state index contributed by atoms with van der Waals surface area (Å²) in [5.74, 6) is 0. The van der Waals surface area contributed by atoms with Gasteiger partial charge in [-0.2, -0.15) is 0 Å². The Morgan fingerprint density at radius 3 is 1.41 bits per heavy atom. The lowest BCUT2D eigenvalue weighted by molar-refractivity contribution is 0.660. The molecule has 3 aliphatic rings. The predicted molar refractivity (Wildman–Crippen MR) is 363 cm³/mol. The third kappa shape index (κ3) is 7.46. The molecule has 14 aromatic rings. The maximum atomic E-state index is 2.57. The van der Waals surface area contributed by atoms with Crippen LogP contribution in [0.2, 0.25) is 0 Å². The Morgan fingerprint density at radius 2 is 0.767 bits per heavy atom. The van der Waals surface area contributed by atoms with E-state index in [9.17, 15) is 0 Å². The highest BCUT2D eigenvalue weighted by Gasteiger charge is 2.52. The fraction of sp³-hybridized carbons (Fsp3) is 0.0488. The van der Waals surface area contributed by atoms with Crippen LogP contribution in [-0.4, -0.2) is 0 Å². The summed E-state index contributed by atoms with van der Waals surface area (Å²) in [5, 5.41) is 2.42. The molecule has 0 fully saturated rings. The number of thiophene rings is 1. The molecule has 86 heavy (non-hydrogen) atoms. The molecule has 0 bridgehead atoms. The minimum absolute atomic E-state index is 0.124. The molecule has 0 N–H and O–H groups in total. The van der Waals surface area contributed by atoms with Crippen molar-refractivity contribution in [2.24, 2.45) is 0 Å². The smallest absolute Gasteiger partial charge is 0.0754 e. The van der Waals surface area contributed by atoms with Gasteiger partial charge in [0.15, 0.2) is 0 Å². The van der Waals surface area contributed by atoms with E-state index in [1.54, 1.807) is 0 Å². The molecule has 0 amide bonds. The summed E-state index contributed by atoms with van der Waals surface area (Å²) in [6, 6.07) is 115. The van der Waals surface area contributed by atoms with Crippen LogP contribution in [0.5, 0.6) is 0 Å². The van der Waals surface area contributed by atoms with Crippen molar-refractivity contribution in [3.63, 3.8) is 0 Å². The predicted octanol–water partition coefficient (Wildman–Crippen LogP) is 22.8. The molecule has 0 atom stereocenters. The van der Waals surface area contributed by atoms with Crippen molar-refractivity contribution >= 4 is 82.7 Å². The van der Waals surface area contributed by atoms with Gasteiger partial charge in [-0.1, -0.05) is 238 Å². The molecule has 0 radical (unpaired) electrons. The van der Waals surface area contributed by atoms with E-state index in [1.807, 2.05) is 11.3 Å². The molecule has 3 nitrogen and oxygen atoms in total. The fourth-order valence-electron chi connectivity index (χ4n) is 14.8. The molecule has 4 heteroatoms. The molecule has 13 aromatic carbocycles. The molecular weight excluding hydrogens is 1060 g/mol. The van der Waals surface area contributed by atoms with Crippen molar-refractivity contribution in [2.45, 2.75) is 24.7 Å². The van der Waals surface area contributed by atoms with E-state index in [4.69, 9.17) is 0 Å². The van der Waals surface area contributed by atoms with Crippen LogP contribution in [0.3, 0.4) is 0 Å². The molecular formula is C82H57N3S. The van der Waals surface area contributed by atoms with E-state index in [0.29, 0.717) is 0 Å². The summed E-state index contributed by atoms with van der Waals surface area (Å²) in [7, 11) is 0. The SMILES string of the molecule is CC1(C)c2ccccc2-c2cc(N3c4ccccc4C4(c5ccccc5-c5ccccc54)c4ccc(N(c5ccccc5)c5cccc6sc7c(N(c8ccc(-c9ccccc9)cc8)c8ccc(-c9ccccc9)cc8)cccc7c56)cc43)ccc21. The lowest BCUT2D eigenvalue weighted by Gasteiger charge is -2.45. The first-order chi connectivity index (χ1) is 42.4. The Hall–Kier alpha value is -10.5. The Kier molecular flexibility index (Phi) is 11.4. The number of hydrogen-bond donors (Lipinski definition) is 0. The maximum absolute atomic E-state index is 2.57. The standard InChI is InChI=1S/C82H57N3S/c1-81(2)68-32-15-12-30-65(68)67-52-61(48-50-69(67)81)85-74-36-19-18-35-72(74)82(70-33-16-13-28-63(70)64-29-14-17-34-71(64)82)73-51-49-62(53-77(73)85)84(58-26-10-5-11-27-58)75-37-21-39-78-79(75)66-31-20-38-76(80(66)86-78)83(59-44-40-56(41-45-59)54-22-6-3-7-23-54)60-46-42-57(43-47-60)55-24-8-4-9-25-55/h3-53H,1-2H3. The second-order valence-corrected chi connectivity index (χ2v) is 24.6. The topological polar surface area (TPSA) is 9.72 Å². The zero-order chi connectivity index (χ0) is 57.1. The summed E-state index contributed by atoms with van der Waals surface area (Å²) in [6.45, 7) is 4.74. The number of anilines is 9. The summed E-state index contributed by atoms with van der Waals surface area (Å²) >= 11 is 1.87. The van der Waals surface area contributed by atoms with E-state index in [-0.39, 0.29) is 5.41 Å². The Labute approximate surface area is 506 Å². The summed E-state index contributed by atoms with van der Waals surface area (Å²) in [5.41, 5.74) is 27.1. The van der Waals surface area contributed by atoms with Gasteiger partial charge >= 0.3 is 0 Å². The Balaban J connectivity index is 0.883. The summed E-state index contributed by atoms with van der Waals surface area (Å²) in [6.07, 6.45) is 0. The number of benzene rings is 13. The highest BCUT2D eigenvalue weighted by molar-refractivity contribution is 7.26. The lowest BCUT2D eigenvalue weighted by atomic mass is 9.64. The fourth-order valence-corrected chi connectivity index (χ4v) is 16.1. The van der Waals surface area contributed by atoms with Gasteiger partial charge in [-0.15, -0.1) is 11.3 Å². The van der Waals surface area contributed by atoms with Gasteiger partial charge in [-0.05, 0) is 163 Å². The quantitative estimate of drug-likeness (QED) is 0.143. The zero-order valence-electron chi connectivity index (χ0n) is 47.7. The molecule has 1 aromatic heterocycles. The third-order valence-electron chi connectivity index (χ3n) is 18.7. The highest BCUT2D eigenvalue weighted by Crippen LogP contribution is 2.65. The van der Waals surface area contributed by atoms with Gasteiger partial charge < -0.3 is 14.7 Å². The van der Waals surface area contributed by atoms with Crippen molar-refractivity contribution in [2.75, 3.05) is 14.7 Å². The Morgan fingerprint density at radius 1 is 0.314 bits per heavy atom. The molecule has 0 unspecified atom stereocenters. The first-order valence-electron chi connectivity index (χ1n) is 29.8. The second kappa shape index (κ2) is 19.5. The monoisotopic (exact) mass is 1120 g/mol. The molecule has 1 spiro atoms. The van der Waals surface area contributed by atoms with Crippen molar-refractivity contribution in [3.05, 3.63) is 343 Å². The van der Waals surface area contributed by atoms with Crippen molar-refractivity contribution in [1.29, 1.82) is 0 Å². The van der Waals surface area contributed by atoms with Crippen LogP contribution in [0.25, 0.3) is 64.7 Å². The largest absolute Gasteiger partial charge is 0.310 e. The zero-order valence-corrected chi connectivity index (χ0v) is 48.5. The van der Waals surface area contributed by atoms with E-state index >= 15 is 0 Å². The van der Waals surface area contributed by atoms with Gasteiger partial charge in [0.1, 0.15) is 0 Å². The average Bonchev–Trinajstić information content (AvgIpc) is 1.41. The van der Waals surface area contributed by atoms with E-state index in [0.717, 1.165) is 45.5 Å². The van der Waals surface area contributed by atoms with Crippen LogP contribution in [0.4, 0.5) is 51.2 Å². The van der Waals surface area contributed by atoms with Crippen LogP contribution in [-0.2, 0) is 10.8 Å². The molecule has 2 heterocycles. The highest BCUT2D eigenvalue weighted by atomic mass is 32.1. The normalized spacial score (nSPS) is 13.6. The van der Waals surface area contributed by atoms with Gasteiger partial charge in [0.25, 0.3) is 0 Å². The van der Waals surface area contributed by atoms with Crippen molar-refractivity contribution in [1.82, 2.24) is 0 Å². The maximum Gasteiger partial charge on any atom is 0.0754 e. The van der Waals surface area contributed by atoms with Gasteiger partial charge in [0.2, 0.25) is 0 Å². The number of nitrogens with zero attached hydrogens (tertiary/aromatic N) is 3. The first-order valence-corrected chi connectivity index (χ1v) is 30.6. The molecule has 0 saturated carbocycles. The lowest BCUT2D eigenvalue weighted by Crippen LogP contribution is -2.36. The van der Waals surface area contributed by atoms with Gasteiger partial charge in [-0.25, -0.2) is 0 Å². The second-order valence-electron chi connectivity index (χ2n) is 23.5. The number of fused-ring (bicyclic) bond motifs is 15. The molecule has 17 rings (SSSR count). The average molecular weight is 1120 g/mol.